The third kappa shape index (κ3) is 2.48. The normalized spacial score (nSPS) is 10.3. The smallest absolute Gasteiger partial charge is 0.197 e. The van der Waals surface area contributed by atoms with Crippen molar-refractivity contribution in [2.45, 2.75) is 0 Å². The fraction of sp³-hybridized carbons (Fsp3) is 0. The summed E-state index contributed by atoms with van der Waals surface area (Å²) in [5, 5.41) is 0. The van der Waals surface area contributed by atoms with E-state index in [2.05, 4.69) is 31.9 Å². The average molecular weight is 358 g/mol. The number of halogens is 3. The van der Waals surface area contributed by atoms with Gasteiger partial charge in [0.2, 0.25) is 0 Å². The Kier molecular flexibility index (Phi) is 3.74. The van der Waals surface area contributed by atoms with Crippen LogP contribution in [0.15, 0.2) is 51.4 Å². The number of hydrogen-bond acceptors (Lipinski definition) is 1. The van der Waals surface area contributed by atoms with Crippen molar-refractivity contribution < 1.29 is 9.18 Å². The maximum Gasteiger partial charge on any atom is 0.197 e. The van der Waals surface area contributed by atoms with Gasteiger partial charge in [0.25, 0.3) is 0 Å². The van der Waals surface area contributed by atoms with Gasteiger partial charge >= 0.3 is 0 Å². The number of hydrogen-bond donors (Lipinski definition) is 0. The van der Waals surface area contributed by atoms with Crippen LogP contribution in [0.3, 0.4) is 0 Å². The minimum Gasteiger partial charge on any atom is -0.288 e. The largest absolute Gasteiger partial charge is 0.288 e. The van der Waals surface area contributed by atoms with Gasteiger partial charge in [0.1, 0.15) is 5.82 Å². The molecule has 0 N–H and O–H groups in total. The van der Waals surface area contributed by atoms with E-state index >= 15 is 0 Å². The zero-order chi connectivity index (χ0) is 12.4. The standard InChI is InChI=1S/C13H7Br2FO/c14-10-6-2-1-4-8(10)13(17)9-5-3-7-11(15)12(9)16/h1-7H. The summed E-state index contributed by atoms with van der Waals surface area (Å²) in [7, 11) is 0. The van der Waals surface area contributed by atoms with Crippen LogP contribution in [0.25, 0.3) is 0 Å². The molecule has 0 saturated heterocycles. The minimum absolute atomic E-state index is 0.0614. The fourth-order valence-corrected chi connectivity index (χ4v) is 2.30. The molecule has 0 radical (unpaired) electrons. The van der Waals surface area contributed by atoms with Gasteiger partial charge < -0.3 is 0 Å². The molecule has 0 aromatic heterocycles. The van der Waals surface area contributed by atoms with Gasteiger partial charge in [0.15, 0.2) is 5.78 Å². The van der Waals surface area contributed by atoms with Crippen LogP contribution in [0.2, 0.25) is 0 Å². The Bertz CT molecular complexity index is 581. The van der Waals surface area contributed by atoms with E-state index in [1.165, 1.54) is 6.07 Å². The predicted molar refractivity (Wildman–Crippen MR) is 71.7 cm³/mol. The highest BCUT2D eigenvalue weighted by molar-refractivity contribution is 9.10. The lowest BCUT2D eigenvalue weighted by molar-refractivity contribution is 0.103. The molecule has 2 rings (SSSR count). The number of carbonyl (C=O) groups excluding carboxylic acids is 1. The van der Waals surface area contributed by atoms with Gasteiger partial charge in [-0.05, 0) is 40.2 Å². The van der Waals surface area contributed by atoms with Crippen molar-refractivity contribution in [2.75, 3.05) is 0 Å². The number of rotatable bonds is 2. The highest BCUT2D eigenvalue weighted by Crippen LogP contribution is 2.24. The van der Waals surface area contributed by atoms with E-state index in [0.29, 0.717) is 10.0 Å². The molecule has 0 saturated carbocycles. The van der Waals surface area contributed by atoms with Crippen LogP contribution in [0, 0.1) is 5.82 Å². The van der Waals surface area contributed by atoms with Crippen molar-refractivity contribution in [2.24, 2.45) is 0 Å². The Morgan fingerprint density at radius 2 is 1.47 bits per heavy atom. The summed E-state index contributed by atoms with van der Waals surface area (Å²) in [4.78, 5) is 12.1. The molecule has 86 valence electrons. The Morgan fingerprint density at radius 3 is 2.18 bits per heavy atom. The molecule has 0 aliphatic carbocycles. The van der Waals surface area contributed by atoms with Gasteiger partial charge in [0.05, 0.1) is 10.0 Å². The van der Waals surface area contributed by atoms with Crippen LogP contribution >= 0.6 is 31.9 Å². The second-order valence-corrected chi connectivity index (χ2v) is 5.12. The van der Waals surface area contributed by atoms with Crippen molar-refractivity contribution in [1.29, 1.82) is 0 Å². The summed E-state index contributed by atoms with van der Waals surface area (Å²) in [5.41, 5.74) is 0.510. The third-order valence-corrected chi connectivity index (χ3v) is 3.62. The van der Waals surface area contributed by atoms with E-state index in [-0.39, 0.29) is 15.8 Å². The highest BCUT2D eigenvalue weighted by Gasteiger charge is 2.17. The van der Waals surface area contributed by atoms with Crippen molar-refractivity contribution in [1.82, 2.24) is 0 Å². The van der Waals surface area contributed by atoms with Crippen LogP contribution in [-0.4, -0.2) is 5.78 Å². The molecule has 0 unspecified atom stereocenters. The Hall–Kier alpha value is -1.000. The molecule has 0 heterocycles. The van der Waals surface area contributed by atoms with Crippen LogP contribution in [0.4, 0.5) is 4.39 Å². The summed E-state index contributed by atoms with van der Waals surface area (Å²) >= 11 is 6.35. The van der Waals surface area contributed by atoms with E-state index in [1.807, 2.05) is 0 Å². The van der Waals surface area contributed by atoms with Crippen LogP contribution in [0.1, 0.15) is 15.9 Å². The van der Waals surface area contributed by atoms with E-state index in [0.717, 1.165) is 0 Å². The molecule has 1 nitrogen and oxygen atoms in total. The van der Waals surface area contributed by atoms with Gasteiger partial charge in [0, 0.05) is 10.0 Å². The molecule has 2 aromatic rings. The zero-order valence-corrected chi connectivity index (χ0v) is 11.8. The lowest BCUT2D eigenvalue weighted by Crippen LogP contribution is -2.05. The zero-order valence-electron chi connectivity index (χ0n) is 8.58. The number of benzene rings is 2. The molecule has 2 aromatic carbocycles. The maximum absolute atomic E-state index is 13.8. The maximum atomic E-state index is 13.8. The molecule has 0 aliphatic heterocycles. The molecule has 17 heavy (non-hydrogen) atoms. The van der Waals surface area contributed by atoms with Gasteiger partial charge in [-0.1, -0.05) is 34.1 Å². The lowest BCUT2D eigenvalue weighted by Gasteiger charge is -2.05. The molecule has 0 aliphatic rings. The number of ketones is 1. The summed E-state index contributed by atoms with van der Waals surface area (Å²) in [5.74, 6) is -0.871. The first-order valence-corrected chi connectivity index (χ1v) is 6.43. The predicted octanol–water partition coefficient (Wildman–Crippen LogP) is 4.58. The Morgan fingerprint density at radius 1 is 0.882 bits per heavy atom. The van der Waals surface area contributed by atoms with Gasteiger partial charge in [-0.25, -0.2) is 4.39 Å². The highest BCUT2D eigenvalue weighted by atomic mass is 79.9. The van der Waals surface area contributed by atoms with E-state index in [4.69, 9.17) is 0 Å². The SMILES string of the molecule is O=C(c1ccccc1Br)c1cccc(Br)c1F. The molecule has 0 bridgehead atoms. The topological polar surface area (TPSA) is 17.1 Å². The molecule has 0 spiro atoms. The Balaban J connectivity index is 2.52. The van der Waals surface area contributed by atoms with Gasteiger partial charge in [-0.2, -0.15) is 0 Å². The average Bonchev–Trinajstić information content (AvgIpc) is 2.32. The molecule has 0 fully saturated rings. The molecule has 4 heteroatoms. The first-order valence-electron chi connectivity index (χ1n) is 4.84. The van der Waals surface area contributed by atoms with Crippen molar-refractivity contribution >= 4 is 37.6 Å². The summed E-state index contributed by atoms with van der Waals surface area (Å²) in [6.07, 6.45) is 0. The van der Waals surface area contributed by atoms with Crippen LogP contribution in [-0.2, 0) is 0 Å². The molecule has 0 amide bonds. The van der Waals surface area contributed by atoms with Gasteiger partial charge in [-0.3, -0.25) is 4.79 Å². The fourth-order valence-electron chi connectivity index (χ4n) is 1.47. The van der Waals surface area contributed by atoms with E-state index in [9.17, 15) is 9.18 Å². The third-order valence-electron chi connectivity index (χ3n) is 2.31. The lowest BCUT2D eigenvalue weighted by atomic mass is 10.0. The summed E-state index contributed by atoms with van der Waals surface area (Å²) in [6.45, 7) is 0. The van der Waals surface area contributed by atoms with Gasteiger partial charge in [-0.15, -0.1) is 0 Å². The Labute approximate surface area is 115 Å². The quantitative estimate of drug-likeness (QED) is 0.719. The van der Waals surface area contributed by atoms with Crippen molar-refractivity contribution in [3.8, 4) is 0 Å². The molecule has 0 atom stereocenters. The van der Waals surface area contributed by atoms with E-state index < -0.39 is 5.82 Å². The van der Waals surface area contributed by atoms with Crippen molar-refractivity contribution in [3.05, 3.63) is 68.4 Å². The molecular formula is C13H7Br2FO. The minimum atomic E-state index is -0.534. The second-order valence-electron chi connectivity index (χ2n) is 3.41. The first kappa shape index (κ1) is 12.5. The monoisotopic (exact) mass is 356 g/mol. The van der Waals surface area contributed by atoms with Crippen LogP contribution < -0.4 is 0 Å². The number of carbonyl (C=O) groups is 1. The molecular weight excluding hydrogens is 351 g/mol. The summed E-state index contributed by atoms with van der Waals surface area (Å²) < 4.78 is 14.7. The van der Waals surface area contributed by atoms with Crippen LogP contribution in [0.5, 0.6) is 0 Å². The van der Waals surface area contributed by atoms with Crippen molar-refractivity contribution in [3.63, 3.8) is 0 Å². The second kappa shape index (κ2) is 5.10. The first-order chi connectivity index (χ1) is 8.11. The van der Waals surface area contributed by atoms with E-state index in [1.54, 1.807) is 36.4 Å². The summed E-state index contributed by atoms with van der Waals surface area (Å²) in [6, 6.07) is 11.6.